The molecule has 1 saturated carbocycles. The highest BCUT2D eigenvalue weighted by molar-refractivity contribution is 5.89. The number of nitriles is 1. The first-order valence-electron chi connectivity index (χ1n) is 9.64. The van der Waals surface area contributed by atoms with E-state index in [1.165, 1.54) is 6.08 Å². The normalized spacial score (nSPS) is 16.3. The van der Waals surface area contributed by atoms with Crippen LogP contribution in [0.2, 0.25) is 0 Å². The van der Waals surface area contributed by atoms with Crippen LogP contribution in [0.5, 0.6) is 0 Å². The molecule has 2 heterocycles. The number of rotatable bonds is 3. The maximum atomic E-state index is 14.1. The summed E-state index contributed by atoms with van der Waals surface area (Å²) in [6.45, 7) is 0.940. The predicted molar refractivity (Wildman–Crippen MR) is 105 cm³/mol. The number of pyridine rings is 1. The van der Waals surface area contributed by atoms with E-state index < -0.39 is 11.6 Å². The van der Waals surface area contributed by atoms with Crippen molar-refractivity contribution in [3.8, 4) is 6.07 Å². The number of likely N-dealkylation sites (tertiary alicyclic amines) is 1. The molecular weight excluding hydrogens is 374 g/mol. The van der Waals surface area contributed by atoms with Crippen LogP contribution in [-0.2, 0) is 0 Å². The average molecular weight is 394 g/mol. The molecule has 1 aliphatic carbocycles. The number of benzene rings is 1. The smallest absolute Gasteiger partial charge is 0.321 e. The Labute approximate surface area is 167 Å². The molecule has 2 aliphatic rings. The number of urea groups is 1. The van der Waals surface area contributed by atoms with Crippen molar-refractivity contribution in [3.05, 3.63) is 64.5 Å². The first-order valence-corrected chi connectivity index (χ1v) is 9.64. The molecule has 0 unspecified atom stereocenters. The number of carbonyl (C=O) groups is 1. The van der Waals surface area contributed by atoms with Crippen molar-refractivity contribution >= 4 is 17.8 Å². The molecule has 0 radical (unpaired) electrons. The summed E-state index contributed by atoms with van der Waals surface area (Å²) in [7, 11) is 0. The zero-order chi connectivity index (χ0) is 20.4. The number of nitrogens with one attached hydrogen (secondary N) is 1. The van der Waals surface area contributed by atoms with Gasteiger partial charge in [-0.3, -0.25) is 4.98 Å². The fourth-order valence-corrected chi connectivity index (χ4v) is 3.46. The van der Waals surface area contributed by atoms with E-state index in [-0.39, 0.29) is 17.2 Å². The maximum Gasteiger partial charge on any atom is 0.321 e. The van der Waals surface area contributed by atoms with Crippen LogP contribution in [0, 0.1) is 23.0 Å². The predicted octanol–water partition coefficient (Wildman–Crippen LogP) is 4.82. The Morgan fingerprint density at radius 3 is 2.52 bits per heavy atom. The summed E-state index contributed by atoms with van der Waals surface area (Å²) in [5, 5.41) is 11.7. The van der Waals surface area contributed by atoms with Crippen molar-refractivity contribution in [2.45, 2.75) is 31.6 Å². The van der Waals surface area contributed by atoms with Gasteiger partial charge in [-0.2, -0.15) is 5.26 Å². The number of anilines is 1. The summed E-state index contributed by atoms with van der Waals surface area (Å²) in [6, 6.07) is 7.30. The third-order valence-electron chi connectivity index (χ3n) is 5.28. The number of halogens is 2. The fourth-order valence-electron chi connectivity index (χ4n) is 3.46. The minimum absolute atomic E-state index is 0.0467. The van der Waals surface area contributed by atoms with Crippen molar-refractivity contribution in [1.82, 2.24) is 9.88 Å². The summed E-state index contributed by atoms with van der Waals surface area (Å²) < 4.78 is 28.2. The highest BCUT2D eigenvalue weighted by Gasteiger charge is 2.25. The molecule has 0 spiro atoms. The number of hydrogen-bond donors (Lipinski definition) is 1. The van der Waals surface area contributed by atoms with E-state index in [1.807, 2.05) is 6.07 Å². The Balaban J connectivity index is 1.38. The quantitative estimate of drug-likeness (QED) is 0.811. The number of piperidine rings is 1. The third kappa shape index (κ3) is 4.43. The molecule has 7 heteroatoms. The van der Waals surface area contributed by atoms with Crippen LogP contribution in [0.4, 0.5) is 19.3 Å². The number of nitrogens with zero attached hydrogens (tertiary/aromatic N) is 3. The largest absolute Gasteiger partial charge is 0.324 e. The molecule has 1 N–H and O–H groups in total. The first kappa shape index (κ1) is 19.1. The lowest BCUT2D eigenvalue weighted by atomic mass is 10.00. The van der Waals surface area contributed by atoms with E-state index >= 15 is 0 Å². The van der Waals surface area contributed by atoms with Gasteiger partial charge in [0.2, 0.25) is 0 Å². The molecule has 2 amide bonds. The van der Waals surface area contributed by atoms with E-state index in [4.69, 9.17) is 5.26 Å². The van der Waals surface area contributed by atoms with Crippen LogP contribution in [0.1, 0.15) is 48.4 Å². The van der Waals surface area contributed by atoms with Gasteiger partial charge in [0.1, 0.15) is 11.6 Å². The van der Waals surface area contributed by atoms with Gasteiger partial charge in [-0.1, -0.05) is 5.57 Å². The molecule has 1 aliphatic heterocycles. The lowest BCUT2D eigenvalue weighted by molar-refractivity contribution is 0.208. The van der Waals surface area contributed by atoms with E-state index in [9.17, 15) is 13.6 Å². The second-order valence-corrected chi connectivity index (χ2v) is 7.43. The van der Waals surface area contributed by atoms with Gasteiger partial charge in [0.25, 0.3) is 0 Å². The van der Waals surface area contributed by atoms with Gasteiger partial charge in [0.15, 0.2) is 0 Å². The summed E-state index contributed by atoms with van der Waals surface area (Å²) in [4.78, 5) is 18.6. The Kier molecular flexibility index (Phi) is 5.26. The van der Waals surface area contributed by atoms with E-state index in [2.05, 4.69) is 10.3 Å². The number of amides is 2. The van der Waals surface area contributed by atoms with Gasteiger partial charge in [-0.15, -0.1) is 0 Å². The SMILES string of the molecule is N#Cc1cc(F)c(C=C2CCN(C(=O)Nc3ccnc(C4CC4)c3)CC2)c(F)c1. The van der Waals surface area contributed by atoms with E-state index in [0.29, 0.717) is 31.8 Å². The molecule has 2 aromatic rings. The van der Waals surface area contributed by atoms with Crippen molar-refractivity contribution < 1.29 is 13.6 Å². The van der Waals surface area contributed by atoms with E-state index in [1.54, 1.807) is 23.2 Å². The Hall–Kier alpha value is -3.27. The summed E-state index contributed by atoms with van der Waals surface area (Å²) in [5.41, 5.74) is 2.43. The zero-order valence-electron chi connectivity index (χ0n) is 15.8. The van der Waals surface area contributed by atoms with Crippen LogP contribution in [0.25, 0.3) is 6.08 Å². The van der Waals surface area contributed by atoms with Crippen LogP contribution in [-0.4, -0.2) is 29.0 Å². The average Bonchev–Trinajstić information content (AvgIpc) is 3.56. The van der Waals surface area contributed by atoms with Crippen molar-refractivity contribution in [2.24, 2.45) is 0 Å². The Morgan fingerprint density at radius 1 is 1.21 bits per heavy atom. The topological polar surface area (TPSA) is 69.0 Å². The molecule has 1 aromatic carbocycles. The standard InChI is InChI=1S/C22H20F2N4O/c23-19-10-15(13-25)11-20(24)18(19)9-14-4-7-28(8-5-14)22(29)27-17-3-6-26-21(12-17)16-1-2-16/h3,6,9-12,16H,1-2,4-5,7-8H2,(H,26,27,29). The summed E-state index contributed by atoms with van der Waals surface area (Å²) in [5.74, 6) is -0.991. The third-order valence-corrected chi connectivity index (χ3v) is 5.28. The molecule has 5 nitrogen and oxygen atoms in total. The maximum absolute atomic E-state index is 14.1. The van der Waals surface area contributed by atoms with Crippen molar-refractivity contribution in [3.63, 3.8) is 0 Å². The molecular formula is C22H20F2N4O. The molecule has 1 aromatic heterocycles. The number of carbonyl (C=O) groups excluding carboxylic acids is 1. The second-order valence-electron chi connectivity index (χ2n) is 7.43. The monoisotopic (exact) mass is 394 g/mol. The van der Waals surface area contributed by atoms with Gasteiger partial charge in [0, 0.05) is 42.1 Å². The van der Waals surface area contributed by atoms with Crippen molar-refractivity contribution in [2.75, 3.05) is 18.4 Å². The highest BCUT2D eigenvalue weighted by atomic mass is 19.1. The fraction of sp³-hybridized carbons (Fsp3) is 0.318. The molecule has 148 valence electrons. The van der Waals surface area contributed by atoms with Crippen molar-refractivity contribution in [1.29, 1.82) is 5.26 Å². The van der Waals surface area contributed by atoms with Gasteiger partial charge < -0.3 is 10.2 Å². The molecule has 0 atom stereocenters. The first-order chi connectivity index (χ1) is 14.0. The van der Waals surface area contributed by atoms with Gasteiger partial charge in [-0.05, 0) is 56.0 Å². The Morgan fingerprint density at radius 2 is 1.90 bits per heavy atom. The summed E-state index contributed by atoms with van der Waals surface area (Å²) >= 11 is 0. The molecule has 4 rings (SSSR count). The van der Waals surface area contributed by atoms with Crippen LogP contribution in [0.3, 0.4) is 0 Å². The highest BCUT2D eigenvalue weighted by Crippen LogP contribution is 2.39. The van der Waals surface area contributed by atoms with E-state index in [0.717, 1.165) is 41.9 Å². The number of aromatic nitrogens is 1. The molecule has 2 fully saturated rings. The van der Waals surface area contributed by atoms with Gasteiger partial charge in [-0.25, -0.2) is 13.6 Å². The second kappa shape index (κ2) is 8.00. The van der Waals surface area contributed by atoms with Gasteiger partial charge in [0.05, 0.1) is 11.6 Å². The minimum atomic E-state index is -0.752. The number of hydrogen-bond acceptors (Lipinski definition) is 3. The lowest BCUT2D eigenvalue weighted by Gasteiger charge is -2.28. The van der Waals surface area contributed by atoms with Crippen LogP contribution < -0.4 is 5.32 Å². The van der Waals surface area contributed by atoms with Gasteiger partial charge >= 0.3 is 6.03 Å². The molecule has 29 heavy (non-hydrogen) atoms. The minimum Gasteiger partial charge on any atom is -0.324 e. The molecule has 0 bridgehead atoms. The van der Waals surface area contributed by atoms with Crippen LogP contribution in [0.15, 0.2) is 36.0 Å². The molecule has 1 saturated heterocycles. The Bertz CT molecular complexity index is 991. The summed E-state index contributed by atoms with van der Waals surface area (Å²) in [6.07, 6.45) is 6.57. The lowest BCUT2D eigenvalue weighted by Crippen LogP contribution is -2.39. The van der Waals surface area contributed by atoms with Crippen LogP contribution >= 0.6 is 0 Å². The zero-order valence-corrected chi connectivity index (χ0v) is 15.8.